The number of hydrogen-bond donors (Lipinski definition) is 1. The van der Waals surface area contributed by atoms with E-state index in [9.17, 15) is 9.59 Å². The van der Waals surface area contributed by atoms with Crippen LogP contribution in [0.15, 0.2) is 18.3 Å². The van der Waals surface area contributed by atoms with E-state index < -0.39 is 5.97 Å². The van der Waals surface area contributed by atoms with Gasteiger partial charge >= 0.3 is 5.97 Å². The number of carboxylic acid groups (broad SMARTS) is 1. The number of carbonyl (C=O) groups excluding carboxylic acids is 1. The summed E-state index contributed by atoms with van der Waals surface area (Å²) >= 11 is 0. The topological polar surface area (TPSA) is 79.7 Å². The van der Waals surface area contributed by atoms with Gasteiger partial charge in [0.05, 0.1) is 11.7 Å². The Balaban J connectivity index is 1.71. The van der Waals surface area contributed by atoms with Crippen molar-refractivity contribution < 1.29 is 19.4 Å². The Labute approximate surface area is 135 Å². The third-order valence-corrected chi connectivity index (χ3v) is 5.41. The minimum atomic E-state index is -1.09. The van der Waals surface area contributed by atoms with Gasteiger partial charge in [-0.3, -0.25) is 4.79 Å². The Morgan fingerprint density at radius 2 is 2.17 bits per heavy atom. The summed E-state index contributed by atoms with van der Waals surface area (Å²) in [6, 6.07) is 3.09. The molecule has 2 fully saturated rings. The first-order valence-corrected chi connectivity index (χ1v) is 8.07. The van der Waals surface area contributed by atoms with Gasteiger partial charge in [-0.2, -0.15) is 0 Å². The van der Waals surface area contributed by atoms with E-state index in [2.05, 4.69) is 4.98 Å². The smallest absolute Gasteiger partial charge is 0.354 e. The normalized spacial score (nSPS) is 24.6. The monoisotopic (exact) mass is 318 g/mol. The highest BCUT2D eigenvalue weighted by Gasteiger charge is 2.60. The fourth-order valence-corrected chi connectivity index (χ4v) is 3.94. The van der Waals surface area contributed by atoms with Crippen molar-refractivity contribution in [2.24, 2.45) is 5.41 Å². The summed E-state index contributed by atoms with van der Waals surface area (Å²) in [5, 5.41) is 8.87. The van der Waals surface area contributed by atoms with Gasteiger partial charge in [-0.1, -0.05) is 6.42 Å². The molecule has 1 N–H and O–H groups in total. The van der Waals surface area contributed by atoms with Crippen molar-refractivity contribution in [1.29, 1.82) is 0 Å². The molecule has 23 heavy (non-hydrogen) atoms. The molecule has 2 aliphatic carbocycles. The second-order valence-electron chi connectivity index (χ2n) is 6.44. The summed E-state index contributed by atoms with van der Waals surface area (Å²) in [6.45, 7) is 2.71. The molecule has 0 saturated heterocycles. The van der Waals surface area contributed by atoms with Crippen molar-refractivity contribution in [3.63, 3.8) is 0 Å². The molecule has 0 radical (unpaired) electrons. The average molecular weight is 318 g/mol. The van der Waals surface area contributed by atoms with Gasteiger partial charge in [-0.15, -0.1) is 0 Å². The summed E-state index contributed by atoms with van der Waals surface area (Å²) in [5.41, 5.74) is 0.487. The van der Waals surface area contributed by atoms with Crippen LogP contribution in [0.4, 0.5) is 0 Å². The maximum Gasteiger partial charge on any atom is 0.354 e. The molecule has 0 bridgehead atoms. The van der Waals surface area contributed by atoms with Crippen molar-refractivity contribution in [1.82, 2.24) is 9.88 Å². The minimum absolute atomic E-state index is 0.0558. The highest BCUT2D eigenvalue weighted by atomic mass is 16.5. The lowest BCUT2D eigenvalue weighted by Gasteiger charge is -2.63. The van der Waals surface area contributed by atoms with Crippen LogP contribution in [0.2, 0.25) is 0 Å². The number of rotatable bonds is 5. The van der Waals surface area contributed by atoms with Crippen molar-refractivity contribution in [3.8, 4) is 0 Å². The fourth-order valence-electron chi connectivity index (χ4n) is 3.94. The minimum Gasteiger partial charge on any atom is -0.477 e. The van der Waals surface area contributed by atoms with Gasteiger partial charge in [0.15, 0.2) is 0 Å². The summed E-state index contributed by atoms with van der Waals surface area (Å²) < 4.78 is 5.83. The number of ether oxygens (including phenoxy) is 1. The molecule has 6 nitrogen and oxygen atoms in total. The van der Waals surface area contributed by atoms with Gasteiger partial charge < -0.3 is 14.7 Å². The maximum absolute atomic E-state index is 12.7. The van der Waals surface area contributed by atoms with Gasteiger partial charge in [0.2, 0.25) is 0 Å². The second kappa shape index (κ2) is 5.92. The quantitative estimate of drug-likeness (QED) is 0.900. The maximum atomic E-state index is 12.7. The Bertz CT molecular complexity index is 610. The van der Waals surface area contributed by atoms with E-state index in [0.717, 1.165) is 19.3 Å². The molecule has 1 aromatic heterocycles. The molecule has 2 saturated carbocycles. The van der Waals surface area contributed by atoms with Crippen LogP contribution in [-0.2, 0) is 4.74 Å². The molecular formula is C17H22N2O4. The second-order valence-corrected chi connectivity index (χ2v) is 6.44. The SMILES string of the molecule is CCO[C@@H]1C[C@@H](N(C)C(=O)c2ccc(C(=O)O)nc2)C12CCC2. The number of amides is 1. The van der Waals surface area contributed by atoms with Crippen LogP contribution < -0.4 is 0 Å². The largest absolute Gasteiger partial charge is 0.477 e. The van der Waals surface area contributed by atoms with Gasteiger partial charge in [0.25, 0.3) is 5.91 Å². The molecule has 1 amide bonds. The lowest BCUT2D eigenvalue weighted by molar-refractivity contribution is -0.192. The fraction of sp³-hybridized carbons (Fsp3) is 0.588. The Hall–Kier alpha value is -1.95. The molecule has 124 valence electrons. The molecular weight excluding hydrogens is 296 g/mol. The van der Waals surface area contributed by atoms with E-state index in [1.807, 2.05) is 14.0 Å². The van der Waals surface area contributed by atoms with E-state index in [0.29, 0.717) is 12.2 Å². The standard InChI is InChI=1S/C17H22N2O4/c1-3-23-14-9-13(17(14)7-4-8-17)19(2)15(20)11-5-6-12(16(21)22)18-10-11/h5-6,10,13-14H,3-4,7-9H2,1-2H3,(H,21,22)/t13-,14-/m1/s1. The molecule has 6 heteroatoms. The molecule has 2 aliphatic rings. The van der Waals surface area contributed by atoms with Gasteiger partial charge in [0, 0.05) is 31.3 Å². The molecule has 0 aliphatic heterocycles. The van der Waals surface area contributed by atoms with Crippen LogP contribution in [0.1, 0.15) is 53.5 Å². The molecule has 1 aromatic rings. The highest BCUT2D eigenvalue weighted by molar-refractivity contribution is 5.95. The third-order valence-electron chi connectivity index (χ3n) is 5.41. The number of aromatic nitrogens is 1. The highest BCUT2D eigenvalue weighted by Crippen LogP contribution is 2.59. The van der Waals surface area contributed by atoms with Crippen molar-refractivity contribution in [2.45, 2.75) is 44.8 Å². The number of carbonyl (C=O) groups is 2. The van der Waals surface area contributed by atoms with Gasteiger partial charge in [-0.05, 0) is 38.3 Å². The van der Waals surface area contributed by atoms with E-state index in [1.54, 1.807) is 4.90 Å². The van der Waals surface area contributed by atoms with Crippen molar-refractivity contribution in [2.75, 3.05) is 13.7 Å². The zero-order chi connectivity index (χ0) is 16.6. The first-order valence-electron chi connectivity index (χ1n) is 8.07. The number of aromatic carboxylic acids is 1. The van der Waals surface area contributed by atoms with Crippen LogP contribution in [0.25, 0.3) is 0 Å². The molecule has 1 spiro atoms. The van der Waals surface area contributed by atoms with Crippen molar-refractivity contribution in [3.05, 3.63) is 29.6 Å². The summed E-state index contributed by atoms with van der Waals surface area (Å²) in [6.07, 6.45) is 5.88. The summed E-state index contributed by atoms with van der Waals surface area (Å²) in [4.78, 5) is 29.1. The van der Waals surface area contributed by atoms with Gasteiger partial charge in [0.1, 0.15) is 5.69 Å². The number of nitrogens with zero attached hydrogens (tertiary/aromatic N) is 2. The van der Waals surface area contributed by atoms with Gasteiger partial charge in [-0.25, -0.2) is 9.78 Å². The summed E-state index contributed by atoms with van der Waals surface area (Å²) in [7, 11) is 1.82. The summed E-state index contributed by atoms with van der Waals surface area (Å²) in [5.74, 6) is -1.20. The first-order chi connectivity index (χ1) is 11.0. The average Bonchev–Trinajstić information content (AvgIpc) is 2.48. The van der Waals surface area contributed by atoms with Crippen LogP contribution >= 0.6 is 0 Å². The predicted molar refractivity (Wildman–Crippen MR) is 83.4 cm³/mol. The Kier molecular flexibility index (Phi) is 4.10. The number of pyridine rings is 1. The molecule has 3 rings (SSSR count). The molecule has 2 atom stereocenters. The lowest BCUT2D eigenvalue weighted by Crippen LogP contribution is -2.67. The molecule has 0 aromatic carbocycles. The predicted octanol–water partition coefficient (Wildman–Crippen LogP) is 2.20. The van der Waals surface area contributed by atoms with Crippen LogP contribution in [0.3, 0.4) is 0 Å². The lowest BCUT2D eigenvalue weighted by atomic mass is 9.50. The zero-order valence-electron chi connectivity index (χ0n) is 13.5. The number of carboxylic acids is 1. The first kappa shape index (κ1) is 15.9. The third kappa shape index (κ3) is 2.51. The van der Waals surface area contributed by atoms with E-state index >= 15 is 0 Å². The van der Waals surface area contributed by atoms with E-state index in [1.165, 1.54) is 24.8 Å². The van der Waals surface area contributed by atoms with Crippen LogP contribution in [0.5, 0.6) is 0 Å². The van der Waals surface area contributed by atoms with Crippen molar-refractivity contribution >= 4 is 11.9 Å². The van der Waals surface area contributed by atoms with E-state index in [-0.39, 0.29) is 29.2 Å². The van der Waals surface area contributed by atoms with Crippen LogP contribution in [-0.4, -0.2) is 52.7 Å². The van der Waals surface area contributed by atoms with Crippen LogP contribution in [0, 0.1) is 5.41 Å². The Morgan fingerprint density at radius 3 is 2.65 bits per heavy atom. The zero-order valence-corrected chi connectivity index (χ0v) is 13.5. The number of hydrogen-bond acceptors (Lipinski definition) is 4. The molecule has 1 heterocycles. The molecule has 0 unspecified atom stereocenters. The Morgan fingerprint density at radius 1 is 1.43 bits per heavy atom. The van der Waals surface area contributed by atoms with E-state index in [4.69, 9.17) is 9.84 Å².